The van der Waals surface area contributed by atoms with Crippen LogP contribution in [0.1, 0.15) is 82.6 Å². The highest BCUT2D eigenvalue weighted by Crippen LogP contribution is 2.33. The smallest absolute Gasteiger partial charge is 0.411 e. The first-order chi connectivity index (χ1) is 25.6. The number of anilines is 1. The number of nitrogens with one attached hydrogen (secondary N) is 2. The molecule has 12 heteroatoms. The molecule has 2 atom stereocenters. The van der Waals surface area contributed by atoms with Gasteiger partial charge in [0.05, 0.1) is 18.7 Å². The molecule has 1 fully saturated rings. The lowest BCUT2D eigenvalue weighted by atomic mass is 9.88. The Morgan fingerprint density at radius 3 is 2.20 bits per heavy atom. The average molecular weight is 760 g/mol. The molecule has 2 heterocycles. The predicted molar refractivity (Wildman–Crippen MR) is 210 cm³/mol. The molecule has 0 unspecified atom stereocenters. The van der Waals surface area contributed by atoms with E-state index in [1.54, 1.807) is 32.9 Å². The maximum atomic E-state index is 14.4. The van der Waals surface area contributed by atoms with Crippen molar-refractivity contribution >= 4 is 41.6 Å². The summed E-state index contributed by atoms with van der Waals surface area (Å²) in [5.41, 5.74) is 3.71. The molecule has 0 radical (unpaired) electrons. The van der Waals surface area contributed by atoms with Gasteiger partial charge in [-0.25, -0.2) is 9.86 Å². The summed E-state index contributed by atoms with van der Waals surface area (Å²) >= 11 is 6.18. The Bertz CT molecular complexity index is 1760. The third-order valence-electron chi connectivity index (χ3n) is 9.51. The van der Waals surface area contributed by atoms with E-state index in [2.05, 4.69) is 16.7 Å². The van der Waals surface area contributed by atoms with Crippen molar-refractivity contribution in [2.75, 3.05) is 31.5 Å². The minimum atomic E-state index is -0.863. The van der Waals surface area contributed by atoms with Gasteiger partial charge in [0.15, 0.2) is 0 Å². The molecule has 1 saturated heterocycles. The number of ether oxygens (including phenoxy) is 1. The average Bonchev–Trinajstić information content (AvgIpc) is 3.13. The Labute approximate surface area is 324 Å². The summed E-state index contributed by atoms with van der Waals surface area (Å²) < 4.78 is 5.73. The van der Waals surface area contributed by atoms with Crippen LogP contribution in [0, 0.1) is 0 Å². The van der Waals surface area contributed by atoms with Gasteiger partial charge in [-0.3, -0.25) is 24.1 Å². The first kappa shape index (κ1) is 40.6. The van der Waals surface area contributed by atoms with Crippen LogP contribution in [0.15, 0.2) is 72.8 Å². The van der Waals surface area contributed by atoms with E-state index in [4.69, 9.17) is 21.2 Å². The molecular formula is C42H54ClN5O6. The molecule has 290 valence electrons. The maximum absolute atomic E-state index is 14.4. The van der Waals surface area contributed by atoms with Crippen LogP contribution in [0.5, 0.6) is 0 Å². The number of rotatable bonds is 12. The summed E-state index contributed by atoms with van der Waals surface area (Å²) in [4.78, 5) is 62.6. The molecule has 54 heavy (non-hydrogen) atoms. The molecule has 5 rings (SSSR count). The lowest BCUT2D eigenvalue weighted by Gasteiger charge is -2.38. The zero-order valence-electron chi connectivity index (χ0n) is 32.3. The van der Waals surface area contributed by atoms with E-state index >= 15 is 0 Å². The minimum absolute atomic E-state index is 0.170. The fraction of sp³-hybridized carbons (Fsp3) is 0.476. The lowest BCUT2D eigenvalue weighted by molar-refractivity contribution is -0.214. The van der Waals surface area contributed by atoms with Gasteiger partial charge >= 0.3 is 6.09 Å². The molecule has 0 aliphatic carbocycles. The van der Waals surface area contributed by atoms with E-state index in [1.165, 1.54) is 9.96 Å². The largest absolute Gasteiger partial charge is 0.444 e. The zero-order chi connectivity index (χ0) is 39.0. The Balaban J connectivity index is 1.29. The number of hydrogen-bond donors (Lipinski definition) is 2. The number of para-hydroxylation sites is 1. The zero-order valence-corrected chi connectivity index (χ0v) is 33.0. The second-order valence-corrected chi connectivity index (χ2v) is 16.5. The highest BCUT2D eigenvalue weighted by molar-refractivity contribution is 6.30. The third kappa shape index (κ3) is 11.2. The summed E-state index contributed by atoms with van der Waals surface area (Å²) in [6.45, 7) is 13.2. The van der Waals surface area contributed by atoms with Crippen molar-refractivity contribution in [1.82, 2.24) is 20.2 Å². The van der Waals surface area contributed by atoms with Crippen molar-refractivity contribution < 1.29 is 28.8 Å². The highest BCUT2D eigenvalue weighted by atomic mass is 35.5. The minimum Gasteiger partial charge on any atom is -0.444 e. The van der Waals surface area contributed by atoms with Crippen molar-refractivity contribution in [1.29, 1.82) is 0 Å². The van der Waals surface area contributed by atoms with Crippen molar-refractivity contribution in [3.63, 3.8) is 0 Å². The quantitative estimate of drug-likeness (QED) is 0.155. The van der Waals surface area contributed by atoms with Crippen LogP contribution in [0.3, 0.4) is 0 Å². The van der Waals surface area contributed by atoms with Crippen molar-refractivity contribution in [2.45, 2.75) is 103 Å². The number of carbonyl (C=O) groups excluding carboxylic acids is 4. The van der Waals surface area contributed by atoms with E-state index in [0.717, 1.165) is 40.8 Å². The molecule has 3 aromatic rings. The number of nitrogens with zero attached hydrogens (tertiary/aromatic N) is 3. The van der Waals surface area contributed by atoms with Gasteiger partial charge in [-0.15, -0.1) is 0 Å². The van der Waals surface area contributed by atoms with Crippen LogP contribution in [0.2, 0.25) is 5.02 Å². The molecule has 11 nitrogen and oxygen atoms in total. The van der Waals surface area contributed by atoms with E-state index in [1.807, 2.05) is 80.3 Å². The fourth-order valence-corrected chi connectivity index (χ4v) is 7.14. The standard InChI is InChI=1S/C42H54ClN5O6/c1-41(2,3)53-40(52)48-27-32-12-8-7-11-31(32)26-37(48)38(50)45-36(25-29-15-17-33(43)18-16-29)39(51)46-22-19-30(20-23-46)34-13-9-10-14-35(34)44-21-24-47(28-49)54-42(4,5)6/h7-18,28,30,36-37,44H,19-27H2,1-6H3,(H,45,50)/t36-,37+/m1/s1. The van der Waals surface area contributed by atoms with Gasteiger partial charge in [0.25, 0.3) is 0 Å². The molecule has 0 aromatic heterocycles. The number of halogens is 1. The van der Waals surface area contributed by atoms with Gasteiger partial charge < -0.3 is 20.3 Å². The Hall–Kier alpha value is -4.61. The van der Waals surface area contributed by atoms with Crippen LogP contribution in [0.4, 0.5) is 10.5 Å². The fourth-order valence-electron chi connectivity index (χ4n) is 7.01. The lowest BCUT2D eigenvalue weighted by Crippen LogP contribution is -2.58. The monoisotopic (exact) mass is 759 g/mol. The molecule has 0 saturated carbocycles. The molecule has 2 aliphatic rings. The number of carbonyl (C=O) groups is 4. The van der Waals surface area contributed by atoms with Gasteiger partial charge in [-0.05, 0) is 101 Å². The number of piperidine rings is 1. The molecule has 4 amide bonds. The van der Waals surface area contributed by atoms with Crippen LogP contribution in [-0.2, 0) is 43.3 Å². The second-order valence-electron chi connectivity index (χ2n) is 16.1. The van der Waals surface area contributed by atoms with Gasteiger partial charge in [0.2, 0.25) is 18.2 Å². The molecule has 0 spiro atoms. The molecular weight excluding hydrogens is 706 g/mol. The van der Waals surface area contributed by atoms with Crippen molar-refractivity contribution in [3.8, 4) is 0 Å². The third-order valence-corrected chi connectivity index (χ3v) is 9.76. The van der Waals surface area contributed by atoms with Gasteiger partial charge in [-0.2, -0.15) is 0 Å². The van der Waals surface area contributed by atoms with Crippen LogP contribution in [0.25, 0.3) is 0 Å². The Morgan fingerprint density at radius 1 is 0.907 bits per heavy atom. The summed E-state index contributed by atoms with van der Waals surface area (Å²) in [6.07, 6.45) is 2.17. The highest BCUT2D eigenvalue weighted by Gasteiger charge is 2.39. The first-order valence-electron chi connectivity index (χ1n) is 18.7. The number of hydroxylamine groups is 2. The molecule has 2 N–H and O–H groups in total. The van der Waals surface area contributed by atoms with Gasteiger partial charge in [0, 0.05) is 43.2 Å². The predicted octanol–water partition coefficient (Wildman–Crippen LogP) is 6.74. The normalized spacial score (nSPS) is 16.9. The van der Waals surface area contributed by atoms with E-state index in [9.17, 15) is 19.2 Å². The van der Waals surface area contributed by atoms with E-state index in [0.29, 0.717) is 44.0 Å². The second kappa shape index (κ2) is 17.7. The summed E-state index contributed by atoms with van der Waals surface area (Å²) in [5.74, 6) is -0.366. The summed E-state index contributed by atoms with van der Waals surface area (Å²) in [6, 6.07) is 21.4. The van der Waals surface area contributed by atoms with Crippen LogP contribution >= 0.6 is 11.6 Å². The number of likely N-dealkylation sites (tertiary alicyclic amines) is 1. The van der Waals surface area contributed by atoms with E-state index < -0.39 is 35.3 Å². The first-order valence-corrected chi connectivity index (χ1v) is 19.1. The SMILES string of the molecule is CC(C)(C)OC(=O)N1Cc2ccccc2C[C@H]1C(=O)N[C@H](Cc1ccc(Cl)cc1)C(=O)N1CCC(c2ccccc2NCCN(C=O)OC(C)(C)C)CC1. The van der Waals surface area contributed by atoms with Gasteiger partial charge in [0.1, 0.15) is 17.7 Å². The molecule has 0 bridgehead atoms. The Kier molecular flexibility index (Phi) is 13.3. The number of amides is 4. The van der Waals surface area contributed by atoms with Gasteiger partial charge in [-0.1, -0.05) is 66.2 Å². The van der Waals surface area contributed by atoms with Crippen molar-refractivity contribution in [3.05, 3.63) is 100 Å². The molecule has 3 aromatic carbocycles. The number of fused-ring (bicyclic) bond motifs is 1. The number of hydrogen-bond acceptors (Lipinski definition) is 7. The summed E-state index contributed by atoms with van der Waals surface area (Å²) in [5, 5.41) is 8.43. The van der Waals surface area contributed by atoms with Crippen LogP contribution < -0.4 is 10.6 Å². The number of benzene rings is 3. The molecule has 2 aliphatic heterocycles. The topological polar surface area (TPSA) is 121 Å². The van der Waals surface area contributed by atoms with E-state index in [-0.39, 0.29) is 24.8 Å². The maximum Gasteiger partial charge on any atom is 0.411 e. The summed E-state index contributed by atoms with van der Waals surface area (Å²) in [7, 11) is 0. The van der Waals surface area contributed by atoms with Crippen LogP contribution in [-0.4, -0.2) is 88.6 Å². The Morgan fingerprint density at radius 2 is 1.56 bits per heavy atom. The van der Waals surface area contributed by atoms with Crippen molar-refractivity contribution in [2.24, 2.45) is 0 Å².